The molecule has 21 heavy (non-hydrogen) atoms. The first-order chi connectivity index (χ1) is 9.79. The van der Waals surface area contributed by atoms with Gasteiger partial charge >= 0.3 is 6.18 Å². The van der Waals surface area contributed by atoms with Crippen LogP contribution in [0.3, 0.4) is 0 Å². The number of amides is 1. The summed E-state index contributed by atoms with van der Waals surface area (Å²) >= 11 is 0. The SMILES string of the molecule is CCCC(COC)NC(=O)c1ccc(N)c(C(F)(F)F)c1. The van der Waals surface area contributed by atoms with Crippen molar-refractivity contribution in [3.63, 3.8) is 0 Å². The molecule has 1 rings (SSSR count). The summed E-state index contributed by atoms with van der Waals surface area (Å²) in [7, 11) is 1.50. The molecule has 7 heteroatoms. The van der Waals surface area contributed by atoms with Crippen molar-refractivity contribution in [3.05, 3.63) is 29.3 Å². The molecule has 0 aliphatic heterocycles. The number of carbonyl (C=O) groups excluding carboxylic acids is 1. The van der Waals surface area contributed by atoms with Crippen molar-refractivity contribution in [2.24, 2.45) is 0 Å². The van der Waals surface area contributed by atoms with Crippen molar-refractivity contribution in [2.45, 2.75) is 32.0 Å². The number of methoxy groups -OCH3 is 1. The van der Waals surface area contributed by atoms with Crippen LogP contribution in [0.2, 0.25) is 0 Å². The molecular formula is C14H19F3N2O2. The minimum atomic E-state index is -4.59. The summed E-state index contributed by atoms with van der Waals surface area (Å²) in [6, 6.07) is 2.89. The van der Waals surface area contributed by atoms with E-state index in [9.17, 15) is 18.0 Å². The molecule has 118 valence electrons. The minimum absolute atomic E-state index is 0.0752. The Morgan fingerprint density at radius 3 is 2.62 bits per heavy atom. The van der Waals surface area contributed by atoms with Gasteiger partial charge in [-0.3, -0.25) is 4.79 Å². The average Bonchev–Trinajstić information content (AvgIpc) is 2.38. The summed E-state index contributed by atoms with van der Waals surface area (Å²) in [6.07, 6.45) is -3.08. The molecular weight excluding hydrogens is 285 g/mol. The lowest BCUT2D eigenvalue weighted by Gasteiger charge is -2.18. The predicted molar refractivity (Wildman–Crippen MR) is 73.9 cm³/mol. The van der Waals surface area contributed by atoms with Gasteiger partial charge in [-0.2, -0.15) is 13.2 Å². The Labute approximate surface area is 121 Å². The van der Waals surface area contributed by atoms with Crippen LogP contribution in [0.5, 0.6) is 0 Å². The second-order valence-corrected chi connectivity index (χ2v) is 4.71. The molecule has 0 bridgehead atoms. The van der Waals surface area contributed by atoms with E-state index in [1.54, 1.807) is 0 Å². The van der Waals surface area contributed by atoms with Gasteiger partial charge < -0.3 is 15.8 Å². The zero-order valence-electron chi connectivity index (χ0n) is 12.0. The van der Waals surface area contributed by atoms with Gasteiger partial charge in [-0.15, -0.1) is 0 Å². The van der Waals surface area contributed by atoms with Gasteiger partial charge in [0.1, 0.15) is 0 Å². The number of ether oxygens (including phenoxy) is 1. The standard InChI is InChI=1S/C14H19F3N2O2/c1-3-4-10(8-21-2)19-13(20)9-5-6-12(18)11(7-9)14(15,16)17/h5-7,10H,3-4,8,18H2,1-2H3,(H,19,20). The van der Waals surface area contributed by atoms with E-state index in [1.165, 1.54) is 13.2 Å². The van der Waals surface area contributed by atoms with Crippen molar-refractivity contribution in [2.75, 3.05) is 19.5 Å². The molecule has 1 aromatic rings. The second-order valence-electron chi connectivity index (χ2n) is 4.71. The van der Waals surface area contributed by atoms with E-state index in [0.717, 1.165) is 18.6 Å². The van der Waals surface area contributed by atoms with Crippen molar-refractivity contribution in [1.29, 1.82) is 0 Å². The highest BCUT2D eigenvalue weighted by atomic mass is 19.4. The Balaban J connectivity index is 2.92. The van der Waals surface area contributed by atoms with E-state index in [1.807, 2.05) is 6.92 Å². The molecule has 1 atom stereocenters. The van der Waals surface area contributed by atoms with Gasteiger partial charge in [0.15, 0.2) is 0 Å². The molecule has 1 unspecified atom stereocenters. The summed E-state index contributed by atoms with van der Waals surface area (Å²) in [5.74, 6) is -0.573. The summed E-state index contributed by atoms with van der Waals surface area (Å²) in [5, 5.41) is 2.66. The first-order valence-corrected chi connectivity index (χ1v) is 6.56. The van der Waals surface area contributed by atoms with Crippen LogP contribution in [0.4, 0.5) is 18.9 Å². The van der Waals surface area contributed by atoms with E-state index in [2.05, 4.69) is 5.32 Å². The quantitative estimate of drug-likeness (QED) is 0.794. The molecule has 0 aliphatic rings. The third kappa shape index (κ3) is 4.93. The number of carbonyl (C=O) groups is 1. The highest BCUT2D eigenvalue weighted by Gasteiger charge is 2.33. The number of alkyl halides is 3. The fourth-order valence-corrected chi connectivity index (χ4v) is 1.96. The van der Waals surface area contributed by atoms with Crippen molar-refractivity contribution in [3.8, 4) is 0 Å². The van der Waals surface area contributed by atoms with Gasteiger partial charge in [0, 0.05) is 18.4 Å². The van der Waals surface area contributed by atoms with Crippen molar-refractivity contribution < 1.29 is 22.7 Å². The number of hydrogen-bond acceptors (Lipinski definition) is 3. The van der Waals surface area contributed by atoms with Crippen LogP contribution in [0, 0.1) is 0 Å². The lowest BCUT2D eigenvalue weighted by molar-refractivity contribution is -0.136. The van der Waals surface area contributed by atoms with Crippen LogP contribution < -0.4 is 11.1 Å². The Morgan fingerprint density at radius 1 is 1.43 bits per heavy atom. The van der Waals surface area contributed by atoms with E-state index in [-0.39, 0.29) is 11.6 Å². The maximum atomic E-state index is 12.8. The van der Waals surface area contributed by atoms with Gasteiger partial charge in [-0.05, 0) is 24.6 Å². The Hall–Kier alpha value is -1.76. The Morgan fingerprint density at radius 2 is 2.10 bits per heavy atom. The molecule has 0 saturated carbocycles. The lowest BCUT2D eigenvalue weighted by atomic mass is 10.1. The summed E-state index contributed by atoms with van der Waals surface area (Å²) in [5.41, 5.74) is 3.82. The Kier molecular flexibility index (Phi) is 6.02. The molecule has 1 aromatic carbocycles. The normalized spacial score (nSPS) is 13.0. The van der Waals surface area contributed by atoms with Crippen LogP contribution in [0.25, 0.3) is 0 Å². The topological polar surface area (TPSA) is 64.3 Å². The molecule has 0 aromatic heterocycles. The predicted octanol–water partition coefficient (Wildman–Crippen LogP) is 2.83. The minimum Gasteiger partial charge on any atom is -0.398 e. The highest BCUT2D eigenvalue weighted by Crippen LogP contribution is 2.34. The molecule has 0 radical (unpaired) electrons. The first kappa shape index (κ1) is 17.3. The number of nitrogens with two attached hydrogens (primary N) is 1. The number of rotatable bonds is 6. The summed E-state index contributed by atoms with van der Waals surface area (Å²) in [6.45, 7) is 2.25. The third-order valence-electron chi connectivity index (χ3n) is 2.96. The number of nitrogens with one attached hydrogen (secondary N) is 1. The molecule has 0 heterocycles. The van der Waals surface area contributed by atoms with E-state index >= 15 is 0 Å². The van der Waals surface area contributed by atoms with E-state index in [4.69, 9.17) is 10.5 Å². The number of halogens is 3. The third-order valence-corrected chi connectivity index (χ3v) is 2.96. The summed E-state index contributed by atoms with van der Waals surface area (Å²) in [4.78, 5) is 12.0. The molecule has 1 amide bonds. The van der Waals surface area contributed by atoms with Gasteiger partial charge in [0.25, 0.3) is 5.91 Å². The second kappa shape index (κ2) is 7.31. The Bertz CT molecular complexity index is 484. The van der Waals surface area contributed by atoms with Gasteiger partial charge in [-0.25, -0.2) is 0 Å². The maximum absolute atomic E-state index is 12.8. The van der Waals surface area contributed by atoms with Crippen LogP contribution in [0.15, 0.2) is 18.2 Å². The number of anilines is 1. The average molecular weight is 304 g/mol. The van der Waals surface area contributed by atoms with Gasteiger partial charge in [-0.1, -0.05) is 13.3 Å². The lowest BCUT2D eigenvalue weighted by Crippen LogP contribution is -2.38. The molecule has 0 saturated heterocycles. The molecule has 0 aliphatic carbocycles. The molecule has 3 N–H and O–H groups in total. The maximum Gasteiger partial charge on any atom is 0.418 e. The molecule has 4 nitrogen and oxygen atoms in total. The van der Waals surface area contributed by atoms with Crippen LogP contribution in [-0.2, 0) is 10.9 Å². The zero-order chi connectivity index (χ0) is 16.0. The van der Waals surface area contributed by atoms with Gasteiger partial charge in [0.2, 0.25) is 0 Å². The fraction of sp³-hybridized carbons (Fsp3) is 0.500. The highest BCUT2D eigenvalue weighted by molar-refractivity contribution is 5.95. The van der Waals surface area contributed by atoms with Crippen molar-refractivity contribution >= 4 is 11.6 Å². The number of hydrogen-bond donors (Lipinski definition) is 2. The van der Waals surface area contributed by atoms with Crippen LogP contribution in [-0.4, -0.2) is 25.7 Å². The molecule has 0 fully saturated rings. The fourth-order valence-electron chi connectivity index (χ4n) is 1.96. The summed E-state index contributed by atoms with van der Waals surface area (Å²) < 4.78 is 43.3. The molecule has 0 spiro atoms. The van der Waals surface area contributed by atoms with Gasteiger partial charge in [0.05, 0.1) is 18.2 Å². The van der Waals surface area contributed by atoms with Crippen LogP contribution >= 0.6 is 0 Å². The monoisotopic (exact) mass is 304 g/mol. The van der Waals surface area contributed by atoms with Crippen molar-refractivity contribution in [1.82, 2.24) is 5.32 Å². The largest absolute Gasteiger partial charge is 0.418 e. The zero-order valence-corrected chi connectivity index (χ0v) is 12.0. The number of nitrogen functional groups attached to an aromatic ring is 1. The van der Waals surface area contributed by atoms with E-state index in [0.29, 0.717) is 13.0 Å². The van der Waals surface area contributed by atoms with E-state index < -0.39 is 23.3 Å². The van der Waals surface area contributed by atoms with Crippen LogP contribution in [0.1, 0.15) is 35.7 Å². The number of benzene rings is 1. The smallest absolute Gasteiger partial charge is 0.398 e. The first-order valence-electron chi connectivity index (χ1n) is 6.56.